The first-order valence-corrected chi connectivity index (χ1v) is 7.84. The molecule has 1 heterocycles. The summed E-state index contributed by atoms with van der Waals surface area (Å²) in [5.74, 6) is 1.61. The lowest BCUT2D eigenvalue weighted by Gasteiger charge is -2.10. The van der Waals surface area contributed by atoms with Gasteiger partial charge in [0.05, 0.1) is 7.11 Å². The fourth-order valence-corrected chi connectivity index (χ4v) is 2.29. The van der Waals surface area contributed by atoms with Crippen molar-refractivity contribution >= 4 is 17.4 Å². The van der Waals surface area contributed by atoms with Crippen molar-refractivity contribution in [2.45, 2.75) is 13.5 Å². The molecule has 0 unspecified atom stereocenters. The Balaban J connectivity index is 1.72. The molecule has 0 bridgehead atoms. The Kier molecular flexibility index (Phi) is 5.00. The van der Waals surface area contributed by atoms with Gasteiger partial charge in [0.2, 0.25) is 5.89 Å². The van der Waals surface area contributed by atoms with Gasteiger partial charge in [0.1, 0.15) is 0 Å². The predicted octanol–water partition coefficient (Wildman–Crippen LogP) is 4.18. The summed E-state index contributed by atoms with van der Waals surface area (Å²) < 4.78 is 16.5. The Bertz CT molecular complexity index is 890. The molecule has 0 radical (unpaired) electrons. The first-order valence-electron chi connectivity index (χ1n) is 7.47. The normalized spacial score (nSPS) is 10.5. The molecule has 3 rings (SSSR count). The van der Waals surface area contributed by atoms with Crippen molar-refractivity contribution < 1.29 is 18.7 Å². The number of halogens is 1. The van der Waals surface area contributed by atoms with E-state index in [2.05, 4.69) is 10.2 Å². The Morgan fingerprint density at radius 1 is 1.12 bits per heavy atom. The van der Waals surface area contributed by atoms with Crippen LogP contribution in [-0.4, -0.2) is 23.1 Å². The third kappa shape index (κ3) is 3.97. The van der Waals surface area contributed by atoms with Gasteiger partial charge in [0.15, 0.2) is 23.9 Å². The van der Waals surface area contributed by atoms with Gasteiger partial charge in [-0.3, -0.25) is 4.79 Å². The summed E-state index contributed by atoms with van der Waals surface area (Å²) in [6.45, 7) is 1.57. The van der Waals surface area contributed by atoms with Gasteiger partial charge in [-0.1, -0.05) is 11.6 Å². The zero-order chi connectivity index (χ0) is 17.8. The Morgan fingerprint density at radius 2 is 1.88 bits per heavy atom. The van der Waals surface area contributed by atoms with Gasteiger partial charge in [-0.2, -0.15) is 0 Å². The van der Waals surface area contributed by atoms with Gasteiger partial charge in [-0.15, -0.1) is 10.2 Å². The molecule has 0 atom stereocenters. The van der Waals surface area contributed by atoms with Crippen LogP contribution in [0.3, 0.4) is 0 Å². The van der Waals surface area contributed by atoms with Crippen LogP contribution in [0.5, 0.6) is 11.5 Å². The van der Waals surface area contributed by atoms with E-state index in [1.165, 1.54) is 14.0 Å². The van der Waals surface area contributed by atoms with Gasteiger partial charge in [0.25, 0.3) is 5.89 Å². The molecule has 0 N–H and O–H groups in total. The second-order valence-corrected chi connectivity index (χ2v) is 5.65. The predicted molar refractivity (Wildman–Crippen MR) is 92.1 cm³/mol. The monoisotopic (exact) mass is 358 g/mol. The van der Waals surface area contributed by atoms with Gasteiger partial charge in [0, 0.05) is 16.1 Å². The van der Waals surface area contributed by atoms with Crippen molar-refractivity contribution in [3.8, 4) is 23.0 Å². The molecule has 0 aliphatic heterocycles. The SMILES string of the molecule is COc1cc(C(C)=O)ccc1OCc1nnc(-c2ccc(Cl)cc2)o1. The summed E-state index contributed by atoms with van der Waals surface area (Å²) in [6.07, 6.45) is 0. The van der Waals surface area contributed by atoms with Gasteiger partial charge in [-0.05, 0) is 49.4 Å². The molecule has 0 saturated carbocycles. The van der Waals surface area contributed by atoms with Gasteiger partial charge < -0.3 is 13.9 Å². The number of methoxy groups -OCH3 is 1. The van der Waals surface area contributed by atoms with Crippen molar-refractivity contribution in [3.63, 3.8) is 0 Å². The van der Waals surface area contributed by atoms with E-state index in [0.717, 1.165) is 5.56 Å². The zero-order valence-electron chi connectivity index (χ0n) is 13.7. The third-order valence-electron chi connectivity index (χ3n) is 3.48. The van der Waals surface area contributed by atoms with Crippen LogP contribution in [0.2, 0.25) is 5.02 Å². The lowest BCUT2D eigenvalue weighted by atomic mass is 10.1. The summed E-state index contributed by atoms with van der Waals surface area (Å²) in [5.41, 5.74) is 1.32. The molecule has 6 nitrogen and oxygen atoms in total. The highest BCUT2D eigenvalue weighted by Gasteiger charge is 2.12. The fraction of sp³-hybridized carbons (Fsp3) is 0.167. The van der Waals surface area contributed by atoms with Crippen LogP contribution in [0.15, 0.2) is 46.9 Å². The molecule has 0 spiro atoms. The lowest BCUT2D eigenvalue weighted by Crippen LogP contribution is -2.00. The summed E-state index contributed by atoms with van der Waals surface area (Å²) in [4.78, 5) is 11.4. The maximum atomic E-state index is 11.4. The van der Waals surface area contributed by atoms with E-state index < -0.39 is 0 Å². The molecule has 1 aromatic heterocycles. The van der Waals surface area contributed by atoms with Crippen LogP contribution in [0.4, 0.5) is 0 Å². The maximum absolute atomic E-state index is 11.4. The van der Waals surface area contributed by atoms with Crippen LogP contribution < -0.4 is 9.47 Å². The van der Waals surface area contributed by atoms with Crippen molar-refractivity contribution in [2.75, 3.05) is 7.11 Å². The van der Waals surface area contributed by atoms with Crippen LogP contribution in [-0.2, 0) is 6.61 Å². The highest BCUT2D eigenvalue weighted by Crippen LogP contribution is 2.29. The van der Waals surface area contributed by atoms with Crippen LogP contribution in [0, 0.1) is 0 Å². The molecule has 0 aliphatic carbocycles. The van der Waals surface area contributed by atoms with Crippen molar-refractivity contribution in [3.05, 3.63) is 58.9 Å². The highest BCUT2D eigenvalue weighted by atomic mass is 35.5. The number of carbonyl (C=O) groups is 1. The van der Waals surface area contributed by atoms with E-state index >= 15 is 0 Å². The van der Waals surface area contributed by atoms with E-state index in [1.54, 1.807) is 42.5 Å². The Hall–Kier alpha value is -2.86. The fourth-order valence-electron chi connectivity index (χ4n) is 2.17. The number of ketones is 1. The zero-order valence-corrected chi connectivity index (χ0v) is 14.4. The largest absolute Gasteiger partial charge is 0.493 e. The van der Waals surface area contributed by atoms with E-state index in [9.17, 15) is 4.79 Å². The number of aromatic nitrogens is 2. The number of hydrogen-bond donors (Lipinski definition) is 0. The first kappa shape index (κ1) is 17.0. The van der Waals surface area contributed by atoms with Crippen LogP contribution in [0.25, 0.3) is 11.5 Å². The molecule has 0 saturated heterocycles. The molecule has 0 amide bonds. The van der Waals surface area contributed by atoms with Gasteiger partial charge in [-0.25, -0.2) is 0 Å². The van der Waals surface area contributed by atoms with E-state index in [1.807, 2.05) is 0 Å². The van der Waals surface area contributed by atoms with E-state index in [-0.39, 0.29) is 12.4 Å². The number of nitrogens with zero attached hydrogens (tertiary/aromatic N) is 2. The smallest absolute Gasteiger partial charge is 0.254 e. The Morgan fingerprint density at radius 3 is 2.56 bits per heavy atom. The number of carbonyl (C=O) groups excluding carboxylic acids is 1. The standard InChI is InChI=1S/C18H15ClN2O4/c1-11(22)13-5-8-15(16(9-13)23-2)24-10-17-20-21-18(25-17)12-3-6-14(19)7-4-12/h3-9H,10H2,1-2H3. The molecule has 0 fully saturated rings. The molecule has 0 aliphatic rings. The number of benzene rings is 2. The van der Waals surface area contributed by atoms with Crippen LogP contribution >= 0.6 is 11.6 Å². The van der Waals surface area contributed by atoms with Crippen LogP contribution in [0.1, 0.15) is 23.2 Å². The van der Waals surface area contributed by atoms with Crippen molar-refractivity contribution in [2.24, 2.45) is 0 Å². The molecular weight excluding hydrogens is 344 g/mol. The van der Waals surface area contributed by atoms with E-state index in [4.69, 9.17) is 25.5 Å². The minimum absolute atomic E-state index is 0.0469. The first-order chi connectivity index (χ1) is 12.1. The summed E-state index contributed by atoms with van der Waals surface area (Å²) >= 11 is 5.86. The second-order valence-electron chi connectivity index (χ2n) is 5.22. The summed E-state index contributed by atoms with van der Waals surface area (Å²) in [7, 11) is 1.51. The molecule has 3 aromatic rings. The quantitative estimate of drug-likeness (QED) is 0.615. The van der Waals surface area contributed by atoms with Gasteiger partial charge >= 0.3 is 0 Å². The highest BCUT2D eigenvalue weighted by molar-refractivity contribution is 6.30. The van der Waals surface area contributed by atoms with E-state index in [0.29, 0.717) is 33.9 Å². The number of hydrogen-bond acceptors (Lipinski definition) is 6. The average Bonchev–Trinajstić information content (AvgIpc) is 3.09. The molecule has 128 valence electrons. The molecule has 25 heavy (non-hydrogen) atoms. The van der Waals surface area contributed by atoms with Crippen molar-refractivity contribution in [1.29, 1.82) is 0 Å². The minimum atomic E-state index is -0.0469. The number of Topliss-reactive ketones (excluding diaryl/α,β-unsaturated/α-hetero) is 1. The number of ether oxygens (including phenoxy) is 2. The second kappa shape index (κ2) is 7.36. The van der Waals surface area contributed by atoms with Crippen molar-refractivity contribution in [1.82, 2.24) is 10.2 Å². The molecule has 2 aromatic carbocycles. The molecule has 7 heteroatoms. The summed E-state index contributed by atoms with van der Waals surface area (Å²) in [6, 6.07) is 12.1. The molecular formula is C18H15ClN2O4. The summed E-state index contributed by atoms with van der Waals surface area (Å²) in [5, 5.41) is 8.59. The lowest BCUT2D eigenvalue weighted by molar-refractivity contribution is 0.101. The third-order valence-corrected chi connectivity index (χ3v) is 3.73. The minimum Gasteiger partial charge on any atom is -0.493 e. The number of rotatable bonds is 6. The maximum Gasteiger partial charge on any atom is 0.254 e. The average molecular weight is 359 g/mol. The Labute approximate surface area is 149 Å². The topological polar surface area (TPSA) is 74.5 Å².